The fourth-order valence-corrected chi connectivity index (χ4v) is 2.73. The van der Waals surface area contributed by atoms with E-state index in [9.17, 15) is 9.18 Å². The molecule has 0 unspecified atom stereocenters. The van der Waals surface area contributed by atoms with Crippen LogP contribution in [0.1, 0.15) is 15.9 Å². The number of carbonyl (C=O) groups excluding carboxylic acids is 1. The van der Waals surface area contributed by atoms with Crippen LogP contribution in [0.25, 0.3) is 0 Å². The minimum atomic E-state index is -0.565. The number of ketones is 1. The van der Waals surface area contributed by atoms with E-state index < -0.39 is 11.6 Å². The molecule has 0 fully saturated rings. The molecule has 2 aromatic rings. The lowest BCUT2D eigenvalue weighted by Crippen LogP contribution is -2.05. The molecule has 2 aromatic carbocycles. The number of hydrogen-bond acceptors (Lipinski definition) is 1. The molecule has 0 heterocycles. The van der Waals surface area contributed by atoms with Crippen LogP contribution in [0.4, 0.5) is 4.39 Å². The zero-order valence-electron chi connectivity index (χ0n) is 8.88. The zero-order valence-corrected chi connectivity index (χ0v) is 12.8. The monoisotopic (exact) mass is 390 g/mol. The highest BCUT2D eigenvalue weighted by molar-refractivity contribution is 9.10. The van der Waals surface area contributed by atoms with Crippen molar-refractivity contribution in [1.29, 1.82) is 0 Å². The van der Waals surface area contributed by atoms with E-state index in [0.29, 0.717) is 15.1 Å². The Morgan fingerprint density at radius 3 is 2.44 bits per heavy atom. The Balaban J connectivity index is 2.51. The van der Waals surface area contributed by atoms with Crippen LogP contribution >= 0.6 is 43.5 Å². The third-order valence-corrected chi connectivity index (χ3v) is 3.88. The first-order chi connectivity index (χ1) is 8.50. The van der Waals surface area contributed by atoms with Crippen molar-refractivity contribution in [3.05, 3.63) is 67.3 Å². The maximum Gasteiger partial charge on any atom is 0.197 e. The molecule has 0 amide bonds. The van der Waals surface area contributed by atoms with Crippen molar-refractivity contribution in [2.45, 2.75) is 0 Å². The third kappa shape index (κ3) is 2.66. The molecule has 0 aliphatic carbocycles. The van der Waals surface area contributed by atoms with Crippen molar-refractivity contribution in [2.75, 3.05) is 0 Å². The Kier molecular flexibility index (Phi) is 4.20. The second-order valence-corrected chi connectivity index (χ2v) is 5.70. The highest BCUT2D eigenvalue weighted by Gasteiger charge is 2.18. The van der Waals surface area contributed by atoms with Gasteiger partial charge in [0.05, 0.1) is 10.0 Å². The largest absolute Gasteiger partial charge is 0.288 e. The van der Waals surface area contributed by atoms with Crippen molar-refractivity contribution in [2.24, 2.45) is 0 Å². The number of hydrogen-bond donors (Lipinski definition) is 0. The van der Waals surface area contributed by atoms with Crippen LogP contribution in [0.15, 0.2) is 45.3 Å². The van der Waals surface area contributed by atoms with E-state index in [1.54, 1.807) is 30.3 Å². The first-order valence-corrected chi connectivity index (χ1v) is 6.91. The number of benzene rings is 2. The van der Waals surface area contributed by atoms with Gasteiger partial charge in [-0.1, -0.05) is 17.7 Å². The minimum absolute atomic E-state index is 0.0207. The third-order valence-electron chi connectivity index (χ3n) is 2.37. The van der Waals surface area contributed by atoms with Crippen LogP contribution in [0, 0.1) is 5.82 Å². The second-order valence-electron chi connectivity index (χ2n) is 3.55. The Morgan fingerprint density at radius 1 is 1.06 bits per heavy atom. The van der Waals surface area contributed by atoms with Gasteiger partial charge in [-0.25, -0.2) is 4.39 Å². The zero-order chi connectivity index (χ0) is 13.3. The summed E-state index contributed by atoms with van der Waals surface area (Å²) in [5.41, 5.74) is 0.392. The Morgan fingerprint density at radius 2 is 1.78 bits per heavy atom. The van der Waals surface area contributed by atoms with Gasteiger partial charge in [0.15, 0.2) is 5.78 Å². The molecule has 0 saturated heterocycles. The van der Waals surface area contributed by atoms with E-state index in [1.165, 1.54) is 6.07 Å². The molecule has 0 spiro atoms. The maximum absolute atomic E-state index is 13.8. The van der Waals surface area contributed by atoms with Crippen molar-refractivity contribution in [3.63, 3.8) is 0 Å². The first kappa shape index (κ1) is 13.7. The number of rotatable bonds is 2. The average Bonchev–Trinajstić information content (AvgIpc) is 2.32. The topological polar surface area (TPSA) is 17.1 Å². The summed E-state index contributed by atoms with van der Waals surface area (Å²) in [5, 5.41) is 0.508. The molecule has 0 N–H and O–H groups in total. The molecule has 0 bridgehead atoms. The Hall–Kier alpha value is -0.710. The molecular formula is C13H6Br2ClFO. The van der Waals surface area contributed by atoms with Gasteiger partial charge in [-0.15, -0.1) is 0 Å². The predicted octanol–water partition coefficient (Wildman–Crippen LogP) is 5.24. The van der Waals surface area contributed by atoms with Gasteiger partial charge in [-0.05, 0) is 62.2 Å². The van der Waals surface area contributed by atoms with Gasteiger partial charge < -0.3 is 0 Å². The highest BCUT2D eigenvalue weighted by atomic mass is 79.9. The van der Waals surface area contributed by atoms with Crippen LogP contribution in [0.5, 0.6) is 0 Å². The lowest BCUT2D eigenvalue weighted by Gasteiger charge is -2.06. The van der Waals surface area contributed by atoms with E-state index in [-0.39, 0.29) is 10.0 Å². The molecule has 5 heteroatoms. The van der Waals surface area contributed by atoms with E-state index in [2.05, 4.69) is 31.9 Å². The van der Waals surface area contributed by atoms with Crippen molar-refractivity contribution < 1.29 is 9.18 Å². The lowest BCUT2D eigenvalue weighted by atomic mass is 10.0. The Bertz CT molecular complexity index is 628. The molecule has 92 valence electrons. The second kappa shape index (κ2) is 5.51. The summed E-state index contributed by atoms with van der Waals surface area (Å²) < 4.78 is 14.6. The van der Waals surface area contributed by atoms with E-state index in [4.69, 9.17) is 11.6 Å². The molecule has 0 saturated carbocycles. The molecule has 0 atom stereocenters. The van der Waals surface area contributed by atoms with Gasteiger partial charge in [0.2, 0.25) is 0 Å². The molecule has 0 aliphatic heterocycles. The van der Waals surface area contributed by atoms with Gasteiger partial charge >= 0.3 is 0 Å². The highest BCUT2D eigenvalue weighted by Crippen LogP contribution is 2.26. The van der Waals surface area contributed by atoms with Gasteiger partial charge in [0, 0.05) is 15.1 Å². The fraction of sp³-hybridized carbons (Fsp3) is 0. The van der Waals surface area contributed by atoms with Crippen LogP contribution in [0.3, 0.4) is 0 Å². The van der Waals surface area contributed by atoms with Crippen LogP contribution < -0.4 is 0 Å². The van der Waals surface area contributed by atoms with E-state index >= 15 is 0 Å². The summed E-state index contributed by atoms with van der Waals surface area (Å²) in [6.07, 6.45) is 0. The molecule has 0 aliphatic rings. The molecule has 18 heavy (non-hydrogen) atoms. The average molecular weight is 392 g/mol. The van der Waals surface area contributed by atoms with Gasteiger partial charge in [-0.3, -0.25) is 4.79 Å². The molecule has 0 radical (unpaired) electrons. The number of halogens is 4. The van der Waals surface area contributed by atoms with Gasteiger partial charge in [-0.2, -0.15) is 0 Å². The summed E-state index contributed by atoms with van der Waals surface area (Å²) >= 11 is 12.1. The summed E-state index contributed by atoms with van der Waals surface area (Å²) in [5.74, 6) is -0.957. The van der Waals surface area contributed by atoms with Crippen molar-refractivity contribution in [1.82, 2.24) is 0 Å². The summed E-state index contributed by atoms with van der Waals surface area (Å²) in [7, 11) is 0. The Labute approximate surface area is 125 Å². The standard InChI is InChI=1S/C13H6Br2ClFO/c14-10-3-1-2-9(12(10)17)13(18)8-5-4-7(16)6-11(8)15/h1-6H. The van der Waals surface area contributed by atoms with Gasteiger partial charge in [0.25, 0.3) is 0 Å². The van der Waals surface area contributed by atoms with Gasteiger partial charge in [0.1, 0.15) is 5.82 Å². The minimum Gasteiger partial charge on any atom is -0.288 e. The molecule has 1 nitrogen and oxygen atoms in total. The number of carbonyl (C=O) groups is 1. The fourth-order valence-electron chi connectivity index (χ4n) is 1.50. The SMILES string of the molecule is O=C(c1ccc(Cl)cc1Br)c1cccc(Br)c1F. The smallest absolute Gasteiger partial charge is 0.197 e. The quantitative estimate of drug-likeness (QED) is 0.639. The van der Waals surface area contributed by atoms with Crippen LogP contribution in [0.2, 0.25) is 5.02 Å². The van der Waals surface area contributed by atoms with E-state index in [0.717, 1.165) is 0 Å². The summed E-state index contributed by atoms with van der Waals surface area (Å²) in [4.78, 5) is 12.2. The summed E-state index contributed by atoms with van der Waals surface area (Å²) in [6.45, 7) is 0. The first-order valence-electron chi connectivity index (χ1n) is 4.94. The van der Waals surface area contributed by atoms with Crippen LogP contribution in [-0.4, -0.2) is 5.78 Å². The molecular weight excluding hydrogens is 386 g/mol. The van der Waals surface area contributed by atoms with Crippen molar-refractivity contribution in [3.8, 4) is 0 Å². The predicted molar refractivity (Wildman–Crippen MR) is 76.7 cm³/mol. The molecule has 0 aromatic heterocycles. The lowest BCUT2D eigenvalue weighted by molar-refractivity contribution is 0.103. The van der Waals surface area contributed by atoms with Crippen molar-refractivity contribution >= 4 is 49.2 Å². The molecule has 2 rings (SSSR count). The normalized spacial score (nSPS) is 10.4. The van der Waals surface area contributed by atoms with Crippen LogP contribution in [-0.2, 0) is 0 Å². The summed E-state index contributed by atoms with van der Waals surface area (Å²) in [6, 6.07) is 9.37. The van der Waals surface area contributed by atoms with E-state index in [1.807, 2.05) is 0 Å². The maximum atomic E-state index is 13.8.